The molecule has 1 aliphatic carbocycles. The van der Waals surface area contributed by atoms with E-state index in [-0.39, 0.29) is 0 Å². The van der Waals surface area contributed by atoms with Crippen molar-refractivity contribution in [2.24, 2.45) is 0 Å². The van der Waals surface area contributed by atoms with E-state index in [0.29, 0.717) is 5.54 Å². The van der Waals surface area contributed by atoms with Crippen LogP contribution in [0.5, 0.6) is 0 Å². The molecule has 0 unspecified atom stereocenters. The molecule has 0 amide bonds. The number of aliphatic hydroxyl groups excluding tert-OH is 1. The minimum Gasteiger partial charge on any atom is -0.400 e. The second kappa shape index (κ2) is 6.17. The minimum atomic E-state index is 0.482. The summed E-state index contributed by atoms with van der Waals surface area (Å²) in [6.45, 7) is 2.40. The summed E-state index contributed by atoms with van der Waals surface area (Å²) >= 11 is 0. The smallest absolute Gasteiger partial charge is 0.0319 e. The summed E-state index contributed by atoms with van der Waals surface area (Å²) in [6, 6.07) is 10.9. The van der Waals surface area contributed by atoms with Crippen molar-refractivity contribution in [3.63, 3.8) is 0 Å². The number of aliphatic hydroxyl groups is 1. The Morgan fingerprint density at radius 2 is 1.78 bits per heavy atom. The summed E-state index contributed by atoms with van der Waals surface area (Å²) in [5.41, 5.74) is 1.94. The number of likely N-dealkylation sites (tertiary alicyclic amines) is 1. The van der Waals surface area contributed by atoms with Crippen LogP contribution >= 0.6 is 0 Å². The van der Waals surface area contributed by atoms with E-state index in [1.807, 2.05) is 0 Å². The highest BCUT2D eigenvalue weighted by molar-refractivity contribution is 5.17. The van der Waals surface area contributed by atoms with E-state index in [4.69, 9.17) is 5.11 Å². The van der Waals surface area contributed by atoms with Crippen LogP contribution < -0.4 is 0 Å². The van der Waals surface area contributed by atoms with E-state index in [1.165, 1.54) is 37.8 Å². The summed E-state index contributed by atoms with van der Waals surface area (Å²) in [6.07, 6.45) is 10.0. The van der Waals surface area contributed by atoms with Crippen LogP contribution in [0.3, 0.4) is 0 Å². The van der Waals surface area contributed by atoms with Gasteiger partial charge in [0, 0.05) is 19.2 Å². The number of nitrogens with zero attached hydrogens (tertiary/aromatic N) is 1. The van der Waals surface area contributed by atoms with Gasteiger partial charge in [-0.15, -0.1) is 0 Å². The Balaban J connectivity index is 0.000000574. The second-order valence-electron chi connectivity index (χ2n) is 5.11. The lowest BCUT2D eigenvalue weighted by molar-refractivity contribution is 0.141. The fraction of sp³-hybridized carbons (Fsp3) is 0.500. The Morgan fingerprint density at radius 1 is 1.11 bits per heavy atom. The van der Waals surface area contributed by atoms with Crippen molar-refractivity contribution in [3.8, 4) is 0 Å². The molecule has 2 heteroatoms. The standard InChI is InChI=1S/C15H19N.CH4O/c1-2-7-14(8-3-1)13-16-12-6-11-15(16)9-4-5-10-15;1-2/h1-5,7-8H,6,9-13H2;2H,1H3. The summed E-state index contributed by atoms with van der Waals surface area (Å²) in [5, 5.41) is 7.00. The number of hydrogen-bond acceptors (Lipinski definition) is 2. The largest absolute Gasteiger partial charge is 0.400 e. The highest BCUT2D eigenvalue weighted by atomic mass is 16.2. The Kier molecular flexibility index (Phi) is 4.56. The predicted molar refractivity (Wildman–Crippen MR) is 75.3 cm³/mol. The number of rotatable bonds is 2. The molecule has 0 radical (unpaired) electrons. The quantitative estimate of drug-likeness (QED) is 0.810. The molecule has 1 aliphatic heterocycles. The fourth-order valence-electron chi connectivity index (χ4n) is 3.20. The van der Waals surface area contributed by atoms with E-state index >= 15 is 0 Å². The van der Waals surface area contributed by atoms with Crippen LogP contribution in [0.2, 0.25) is 0 Å². The highest BCUT2D eigenvalue weighted by Gasteiger charge is 2.40. The molecule has 0 saturated carbocycles. The minimum absolute atomic E-state index is 0.482. The molecule has 1 heterocycles. The van der Waals surface area contributed by atoms with Crippen LogP contribution in [0.1, 0.15) is 31.2 Å². The topological polar surface area (TPSA) is 23.5 Å². The van der Waals surface area contributed by atoms with Crippen LogP contribution in [-0.4, -0.2) is 29.2 Å². The second-order valence-corrected chi connectivity index (χ2v) is 5.11. The molecular formula is C16H23NO. The van der Waals surface area contributed by atoms with Gasteiger partial charge in [-0.05, 0) is 37.8 Å². The van der Waals surface area contributed by atoms with Crippen LogP contribution in [0.25, 0.3) is 0 Å². The van der Waals surface area contributed by atoms with Crippen LogP contribution in [0.4, 0.5) is 0 Å². The Morgan fingerprint density at radius 3 is 2.44 bits per heavy atom. The molecule has 2 aliphatic rings. The average molecular weight is 245 g/mol. The van der Waals surface area contributed by atoms with E-state index in [1.54, 1.807) is 0 Å². The zero-order valence-corrected chi connectivity index (χ0v) is 11.2. The monoisotopic (exact) mass is 245 g/mol. The molecule has 18 heavy (non-hydrogen) atoms. The SMILES string of the molecule is C1=CCC2(C1)CCCN2Cc1ccccc1.CO. The van der Waals surface area contributed by atoms with Crippen molar-refractivity contribution in [1.29, 1.82) is 0 Å². The van der Waals surface area contributed by atoms with Gasteiger partial charge in [0.25, 0.3) is 0 Å². The van der Waals surface area contributed by atoms with Crippen molar-refractivity contribution in [1.82, 2.24) is 4.90 Å². The van der Waals surface area contributed by atoms with Crippen LogP contribution in [0.15, 0.2) is 42.5 Å². The van der Waals surface area contributed by atoms with Crippen molar-refractivity contribution in [3.05, 3.63) is 48.0 Å². The first-order valence-electron chi connectivity index (χ1n) is 6.78. The predicted octanol–water partition coefficient (Wildman–Crippen LogP) is 2.98. The van der Waals surface area contributed by atoms with Crippen molar-refractivity contribution >= 4 is 0 Å². The Labute approximate surface area is 110 Å². The molecule has 1 aromatic rings. The first kappa shape index (κ1) is 13.3. The van der Waals surface area contributed by atoms with Gasteiger partial charge in [0.05, 0.1) is 0 Å². The Bertz CT molecular complexity index is 377. The van der Waals surface area contributed by atoms with Gasteiger partial charge in [-0.2, -0.15) is 0 Å². The fourth-order valence-corrected chi connectivity index (χ4v) is 3.20. The molecule has 1 N–H and O–H groups in total. The molecule has 1 saturated heterocycles. The maximum Gasteiger partial charge on any atom is 0.0319 e. The van der Waals surface area contributed by atoms with Gasteiger partial charge in [0.1, 0.15) is 0 Å². The zero-order chi connectivity index (χ0) is 12.8. The average Bonchev–Trinajstić information content (AvgIpc) is 3.06. The first-order valence-corrected chi connectivity index (χ1v) is 6.78. The van der Waals surface area contributed by atoms with Crippen molar-refractivity contribution in [2.45, 2.75) is 37.8 Å². The van der Waals surface area contributed by atoms with Crippen molar-refractivity contribution < 1.29 is 5.11 Å². The summed E-state index contributed by atoms with van der Waals surface area (Å²) in [7, 11) is 1.00. The van der Waals surface area contributed by atoms with Gasteiger partial charge in [-0.1, -0.05) is 42.5 Å². The molecule has 2 nitrogen and oxygen atoms in total. The van der Waals surface area contributed by atoms with Gasteiger partial charge in [-0.25, -0.2) is 0 Å². The van der Waals surface area contributed by atoms with Gasteiger partial charge < -0.3 is 5.11 Å². The zero-order valence-electron chi connectivity index (χ0n) is 11.2. The number of benzene rings is 1. The lowest BCUT2D eigenvalue weighted by atomic mass is 9.93. The maximum absolute atomic E-state index is 7.00. The molecule has 98 valence electrons. The molecule has 1 spiro atoms. The summed E-state index contributed by atoms with van der Waals surface area (Å²) in [4.78, 5) is 2.70. The van der Waals surface area contributed by atoms with E-state index < -0.39 is 0 Å². The molecule has 0 atom stereocenters. The van der Waals surface area contributed by atoms with Gasteiger partial charge in [-0.3, -0.25) is 4.90 Å². The van der Waals surface area contributed by atoms with Crippen molar-refractivity contribution in [2.75, 3.05) is 13.7 Å². The molecule has 0 bridgehead atoms. The summed E-state index contributed by atoms with van der Waals surface area (Å²) < 4.78 is 0. The first-order chi connectivity index (χ1) is 8.89. The van der Waals surface area contributed by atoms with E-state index in [2.05, 4.69) is 47.4 Å². The van der Waals surface area contributed by atoms with Crippen LogP contribution in [-0.2, 0) is 6.54 Å². The third-order valence-corrected chi connectivity index (χ3v) is 4.12. The third-order valence-electron chi connectivity index (χ3n) is 4.12. The lowest BCUT2D eigenvalue weighted by Gasteiger charge is -2.35. The molecule has 1 aromatic carbocycles. The normalized spacial score (nSPS) is 21.0. The molecule has 0 aromatic heterocycles. The summed E-state index contributed by atoms with van der Waals surface area (Å²) in [5.74, 6) is 0. The van der Waals surface area contributed by atoms with Crippen LogP contribution in [0, 0.1) is 0 Å². The van der Waals surface area contributed by atoms with Gasteiger partial charge in [0.15, 0.2) is 0 Å². The third kappa shape index (κ3) is 2.65. The van der Waals surface area contributed by atoms with Gasteiger partial charge >= 0.3 is 0 Å². The molecule has 3 rings (SSSR count). The lowest BCUT2D eigenvalue weighted by Crippen LogP contribution is -2.40. The number of hydrogen-bond donors (Lipinski definition) is 1. The van der Waals surface area contributed by atoms with Gasteiger partial charge in [0.2, 0.25) is 0 Å². The molecular weight excluding hydrogens is 222 g/mol. The highest BCUT2D eigenvalue weighted by Crippen LogP contribution is 2.40. The Hall–Kier alpha value is -1.12. The molecule has 1 fully saturated rings. The van der Waals surface area contributed by atoms with E-state index in [9.17, 15) is 0 Å². The maximum atomic E-state index is 7.00. The van der Waals surface area contributed by atoms with E-state index in [0.717, 1.165) is 13.7 Å².